The molecule has 0 spiro atoms. The number of hydrogen-bond acceptors (Lipinski definition) is 6. The normalized spacial score (nSPS) is 13.9. The third-order valence-corrected chi connectivity index (χ3v) is 3.69. The van der Waals surface area contributed by atoms with Gasteiger partial charge in [-0.25, -0.2) is 4.79 Å². The van der Waals surface area contributed by atoms with Crippen LogP contribution < -0.4 is 14.2 Å². The van der Waals surface area contributed by atoms with Gasteiger partial charge in [-0.3, -0.25) is 4.79 Å². The van der Waals surface area contributed by atoms with Gasteiger partial charge >= 0.3 is 5.97 Å². The van der Waals surface area contributed by atoms with Gasteiger partial charge in [0.15, 0.2) is 12.4 Å². The number of esters is 1. The van der Waals surface area contributed by atoms with Crippen molar-refractivity contribution in [1.29, 1.82) is 0 Å². The summed E-state index contributed by atoms with van der Waals surface area (Å²) in [6.45, 7) is 1.87. The predicted octanol–water partition coefficient (Wildman–Crippen LogP) is 3.25. The Labute approximate surface area is 150 Å². The fraction of sp³-hybridized carbons (Fsp3) is 0.200. The lowest BCUT2D eigenvalue weighted by Gasteiger charge is -2.06. The fourth-order valence-electron chi connectivity index (χ4n) is 2.48. The number of Topliss-reactive ketones (excluding diaryl/α,β-unsaturated/α-hetero) is 1. The highest BCUT2D eigenvalue weighted by Gasteiger charge is 2.27. The molecule has 0 aliphatic carbocycles. The van der Waals surface area contributed by atoms with Gasteiger partial charge in [-0.15, -0.1) is 0 Å². The minimum atomic E-state index is -0.435. The first-order valence-electron chi connectivity index (χ1n) is 8.11. The van der Waals surface area contributed by atoms with Crippen molar-refractivity contribution in [2.24, 2.45) is 0 Å². The van der Waals surface area contributed by atoms with Gasteiger partial charge in [0.2, 0.25) is 5.78 Å². The van der Waals surface area contributed by atoms with Crippen LogP contribution in [0, 0.1) is 0 Å². The molecule has 2 aromatic rings. The van der Waals surface area contributed by atoms with E-state index in [-0.39, 0.29) is 18.1 Å². The molecule has 0 atom stereocenters. The monoisotopic (exact) mass is 354 g/mol. The van der Waals surface area contributed by atoms with Crippen molar-refractivity contribution in [3.63, 3.8) is 0 Å². The van der Waals surface area contributed by atoms with Gasteiger partial charge in [-0.1, -0.05) is 12.1 Å². The Morgan fingerprint density at radius 2 is 2.00 bits per heavy atom. The molecule has 0 unspecified atom stereocenters. The molecule has 1 aliphatic rings. The highest BCUT2D eigenvalue weighted by molar-refractivity contribution is 6.14. The topological polar surface area (TPSA) is 71.1 Å². The highest BCUT2D eigenvalue weighted by Crippen LogP contribution is 2.34. The van der Waals surface area contributed by atoms with Gasteiger partial charge in [-0.2, -0.15) is 0 Å². The Balaban J connectivity index is 1.75. The number of benzene rings is 2. The van der Waals surface area contributed by atoms with Crippen molar-refractivity contribution in [3.8, 4) is 17.2 Å². The maximum Gasteiger partial charge on any atom is 0.344 e. The standard InChI is InChI=1S/C20H18O6/c1-3-24-19(21)12-25-15-6-4-5-13(9-15)10-18-20(22)16-8-7-14(23-2)11-17(16)26-18/h4-11H,3,12H2,1-2H3. The number of ether oxygens (including phenoxy) is 4. The van der Waals surface area contributed by atoms with Gasteiger partial charge in [0.05, 0.1) is 19.3 Å². The lowest BCUT2D eigenvalue weighted by molar-refractivity contribution is -0.145. The van der Waals surface area contributed by atoms with Crippen LogP contribution in [0.2, 0.25) is 0 Å². The highest BCUT2D eigenvalue weighted by atomic mass is 16.6. The van der Waals surface area contributed by atoms with Crippen molar-refractivity contribution in [2.45, 2.75) is 6.92 Å². The molecule has 2 aromatic carbocycles. The van der Waals surface area contributed by atoms with Crippen LogP contribution in [0.3, 0.4) is 0 Å². The predicted molar refractivity (Wildman–Crippen MR) is 94.5 cm³/mol. The number of ketones is 1. The number of methoxy groups -OCH3 is 1. The molecule has 0 radical (unpaired) electrons. The molecule has 0 aromatic heterocycles. The second kappa shape index (κ2) is 7.74. The van der Waals surface area contributed by atoms with Gasteiger partial charge in [-0.05, 0) is 42.8 Å². The first-order valence-corrected chi connectivity index (χ1v) is 8.11. The van der Waals surface area contributed by atoms with Crippen LogP contribution in [0.4, 0.5) is 0 Å². The molecule has 0 fully saturated rings. The average Bonchev–Trinajstić information content (AvgIpc) is 2.95. The molecule has 26 heavy (non-hydrogen) atoms. The largest absolute Gasteiger partial charge is 0.497 e. The number of allylic oxidation sites excluding steroid dienone is 1. The first-order chi connectivity index (χ1) is 12.6. The number of carbonyl (C=O) groups is 2. The summed E-state index contributed by atoms with van der Waals surface area (Å²) in [7, 11) is 1.55. The lowest BCUT2D eigenvalue weighted by atomic mass is 10.1. The van der Waals surface area contributed by atoms with Crippen LogP contribution in [0.5, 0.6) is 17.2 Å². The van der Waals surface area contributed by atoms with E-state index in [1.165, 1.54) is 0 Å². The zero-order chi connectivity index (χ0) is 18.5. The molecule has 0 saturated heterocycles. The van der Waals surface area contributed by atoms with Gasteiger partial charge < -0.3 is 18.9 Å². The second-order valence-corrected chi connectivity index (χ2v) is 5.47. The molecule has 3 rings (SSSR count). The quantitative estimate of drug-likeness (QED) is 0.586. The summed E-state index contributed by atoms with van der Waals surface area (Å²) in [6.07, 6.45) is 1.63. The Bertz CT molecular complexity index is 868. The van der Waals surface area contributed by atoms with E-state index in [0.717, 1.165) is 5.56 Å². The summed E-state index contributed by atoms with van der Waals surface area (Å²) in [5.74, 6) is 1.17. The van der Waals surface area contributed by atoms with Crippen molar-refractivity contribution >= 4 is 17.8 Å². The first kappa shape index (κ1) is 17.5. The Hall–Kier alpha value is -3.28. The van der Waals surface area contributed by atoms with E-state index in [1.807, 2.05) is 6.07 Å². The molecule has 6 heteroatoms. The summed E-state index contributed by atoms with van der Waals surface area (Å²) >= 11 is 0. The van der Waals surface area contributed by atoms with Crippen molar-refractivity contribution in [2.75, 3.05) is 20.3 Å². The molecule has 0 amide bonds. The number of fused-ring (bicyclic) bond motifs is 1. The molecule has 0 bridgehead atoms. The lowest BCUT2D eigenvalue weighted by Crippen LogP contribution is -2.14. The van der Waals surface area contributed by atoms with Crippen LogP contribution in [-0.4, -0.2) is 32.1 Å². The minimum absolute atomic E-state index is 0.172. The van der Waals surface area contributed by atoms with Crippen LogP contribution in [0.15, 0.2) is 48.2 Å². The van der Waals surface area contributed by atoms with E-state index in [0.29, 0.717) is 29.4 Å². The van der Waals surface area contributed by atoms with Gasteiger partial charge in [0.1, 0.15) is 17.2 Å². The van der Waals surface area contributed by atoms with E-state index in [1.54, 1.807) is 56.5 Å². The smallest absolute Gasteiger partial charge is 0.344 e. The number of hydrogen-bond donors (Lipinski definition) is 0. The molecule has 134 valence electrons. The van der Waals surface area contributed by atoms with Gasteiger partial charge in [0.25, 0.3) is 0 Å². The Morgan fingerprint density at radius 3 is 2.77 bits per heavy atom. The summed E-state index contributed by atoms with van der Waals surface area (Å²) in [6, 6.07) is 12.1. The second-order valence-electron chi connectivity index (χ2n) is 5.47. The maximum atomic E-state index is 12.4. The zero-order valence-electron chi connectivity index (χ0n) is 14.5. The SMILES string of the molecule is CCOC(=O)COc1cccc(C=C2Oc3cc(OC)ccc3C2=O)c1. The summed E-state index contributed by atoms with van der Waals surface area (Å²) in [4.78, 5) is 23.8. The maximum absolute atomic E-state index is 12.4. The van der Waals surface area contributed by atoms with E-state index >= 15 is 0 Å². The Kier molecular flexibility index (Phi) is 5.22. The summed E-state index contributed by atoms with van der Waals surface area (Å²) in [5.41, 5.74) is 1.21. The summed E-state index contributed by atoms with van der Waals surface area (Å²) in [5, 5.41) is 0. The zero-order valence-corrected chi connectivity index (χ0v) is 14.5. The van der Waals surface area contributed by atoms with Crippen molar-refractivity contribution < 1.29 is 28.5 Å². The van der Waals surface area contributed by atoms with Crippen molar-refractivity contribution in [1.82, 2.24) is 0 Å². The van der Waals surface area contributed by atoms with E-state index in [9.17, 15) is 9.59 Å². The van der Waals surface area contributed by atoms with Crippen LogP contribution in [0.1, 0.15) is 22.8 Å². The van der Waals surface area contributed by atoms with E-state index in [2.05, 4.69) is 0 Å². The van der Waals surface area contributed by atoms with Crippen LogP contribution in [0.25, 0.3) is 6.08 Å². The van der Waals surface area contributed by atoms with E-state index in [4.69, 9.17) is 18.9 Å². The van der Waals surface area contributed by atoms with Gasteiger partial charge in [0, 0.05) is 6.07 Å². The fourth-order valence-corrected chi connectivity index (χ4v) is 2.48. The molecule has 0 N–H and O–H groups in total. The molecule has 1 heterocycles. The van der Waals surface area contributed by atoms with Crippen LogP contribution >= 0.6 is 0 Å². The molecule has 0 saturated carbocycles. The molecule has 6 nitrogen and oxygen atoms in total. The van der Waals surface area contributed by atoms with E-state index < -0.39 is 5.97 Å². The molecule has 1 aliphatic heterocycles. The molecular formula is C20H18O6. The minimum Gasteiger partial charge on any atom is -0.497 e. The van der Waals surface area contributed by atoms with Crippen LogP contribution in [-0.2, 0) is 9.53 Å². The third kappa shape index (κ3) is 3.85. The summed E-state index contributed by atoms with van der Waals surface area (Å²) < 4.78 is 21.0. The number of rotatable bonds is 6. The number of carbonyl (C=O) groups excluding carboxylic acids is 2. The third-order valence-electron chi connectivity index (χ3n) is 3.69. The Morgan fingerprint density at radius 1 is 1.15 bits per heavy atom. The molecular weight excluding hydrogens is 336 g/mol. The average molecular weight is 354 g/mol. The van der Waals surface area contributed by atoms with Crippen molar-refractivity contribution in [3.05, 3.63) is 59.4 Å².